The van der Waals surface area contributed by atoms with Crippen LogP contribution in [0.1, 0.15) is 43.2 Å². The van der Waals surface area contributed by atoms with Crippen LogP contribution in [0.25, 0.3) is 0 Å². The predicted octanol–water partition coefficient (Wildman–Crippen LogP) is 2.07. The molecule has 24 heavy (non-hydrogen) atoms. The van der Waals surface area contributed by atoms with E-state index >= 15 is 0 Å². The van der Waals surface area contributed by atoms with E-state index in [0.717, 1.165) is 24.8 Å². The van der Waals surface area contributed by atoms with E-state index in [1.807, 2.05) is 15.9 Å². The third-order valence-corrected chi connectivity index (χ3v) is 5.79. The Labute approximate surface area is 142 Å². The van der Waals surface area contributed by atoms with Gasteiger partial charge >= 0.3 is 0 Å². The Kier molecular flexibility index (Phi) is 3.94. The number of fused-ring (bicyclic) bond motifs is 1. The molecule has 0 aromatic heterocycles. The molecule has 1 saturated heterocycles. The van der Waals surface area contributed by atoms with Gasteiger partial charge in [-0.1, -0.05) is 18.9 Å². The van der Waals surface area contributed by atoms with Crippen molar-refractivity contribution in [1.82, 2.24) is 9.80 Å². The molecule has 3 aliphatic rings. The maximum absolute atomic E-state index is 12.9. The van der Waals surface area contributed by atoms with E-state index in [1.165, 1.54) is 18.4 Å². The van der Waals surface area contributed by atoms with Gasteiger partial charge in [0.25, 0.3) is 0 Å². The standard InChI is InChI=1S/C19H24N2O3/c22-17-6-5-13-7-8-20(11-14(13)9-17)19(24)15-10-18(23)21(12-15)16-3-1-2-4-16/h5-6,9,15-16,22H,1-4,7-8,10-12H2. The van der Waals surface area contributed by atoms with Crippen molar-refractivity contribution >= 4 is 11.8 Å². The first kappa shape index (κ1) is 15.5. The van der Waals surface area contributed by atoms with Gasteiger partial charge in [0.1, 0.15) is 5.75 Å². The zero-order valence-electron chi connectivity index (χ0n) is 13.9. The minimum atomic E-state index is -0.197. The first-order valence-corrected chi connectivity index (χ1v) is 9.01. The molecule has 2 amide bonds. The highest BCUT2D eigenvalue weighted by molar-refractivity contribution is 5.89. The van der Waals surface area contributed by atoms with Gasteiger partial charge < -0.3 is 14.9 Å². The van der Waals surface area contributed by atoms with Crippen molar-refractivity contribution in [2.75, 3.05) is 13.1 Å². The van der Waals surface area contributed by atoms with Crippen LogP contribution >= 0.6 is 0 Å². The molecule has 5 heteroatoms. The minimum Gasteiger partial charge on any atom is -0.508 e. The van der Waals surface area contributed by atoms with Crippen LogP contribution in [0.4, 0.5) is 0 Å². The fourth-order valence-corrected chi connectivity index (χ4v) is 4.46. The van der Waals surface area contributed by atoms with Gasteiger partial charge in [0, 0.05) is 32.1 Å². The van der Waals surface area contributed by atoms with Crippen LogP contribution in [0.3, 0.4) is 0 Å². The summed E-state index contributed by atoms with van der Waals surface area (Å²) in [5.41, 5.74) is 2.22. The van der Waals surface area contributed by atoms with Gasteiger partial charge in [-0.3, -0.25) is 9.59 Å². The molecule has 0 bridgehead atoms. The van der Waals surface area contributed by atoms with Crippen molar-refractivity contribution in [3.05, 3.63) is 29.3 Å². The van der Waals surface area contributed by atoms with E-state index in [4.69, 9.17) is 0 Å². The lowest BCUT2D eigenvalue weighted by atomic mass is 9.97. The molecule has 0 spiro atoms. The van der Waals surface area contributed by atoms with Crippen molar-refractivity contribution in [1.29, 1.82) is 0 Å². The molecular formula is C19H24N2O3. The number of nitrogens with zero attached hydrogens (tertiary/aromatic N) is 2. The van der Waals surface area contributed by atoms with Gasteiger partial charge in [-0.25, -0.2) is 0 Å². The highest BCUT2D eigenvalue weighted by Crippen LogP contribution is 2.31. The van der Waals surface area contributed by atoms with Crippen molar-refractivity contribution in [2.45, 2.75) is 51.1 Å². The number of likely N-dealkylation sites (tertiary alicyclic amines) is 1. The third-order valence-electron chi connectivity index (χ3n) is 5.79. The van der Waals surface area contributed by atoms with E-state index < -0.39 is 0 Å². The van der Waals surface area contributed by atoms with Crippen LogP contribution in [0.2, 0.25) is 0 Å². The number of hydrogen-bond acceptors (Lipinski definition) is 3. The summed E-state index contributed by atoms with van der Waals surface area (Å²) < 4.78 is 0. The SMILES string of the molecule is O=C(C1CC(=O)N(C2CCCC2)C1)N1CCc2ccc(O)cc2C1. The molecular weight excluding hydrogens is 304 g/mol. The first-order valence-electron chi connectivity index (χ1n) is 9.01. The van der Waals surface area contributed by atoms with Crippen LogP contribution in [-0.4, -0.2) is 45.9 Å². The van der Waals surface area contributed by atoms with E-state index in [2.05, 4.69) is 0 Å². The fourth-order valence-electron chi connectivity index (χ4n) is 4.46. The lowest BCUT2D eigenvalue weighted by Crippen LogP contribution is -2.41. The zero-order chi connectivity index (χ0) is 16.7. The Hall–Kier alpha value is -2.04. The summed E-state index contributed by atoms with van der Waals surface area (Å²) in [5.74, 6) is 0.289. The molecule has 1 unspecified atom stereocenters. The Morgan fingerprint density at radius 2 is 1.96 bits per heavy atom. The molecule has 2 heterocycles. The molecule has 1 aromatic carbocycles. The van der Waals surface area contributed by atoms with Gasteiger partial charge in [0.2, 0.25) is 11.8 Å². The molecule has 1 atom stereocenters. The number of carbonyl (C=O) groups excluding carboxylic acids is 2. The number of rotatable bonds is 2. The average Bonchev–Trinajstić information content (AvgIpc) is 3.22. The molecule has 5 nitrogen and oxygen atoms in total. The lowest BCUT2D eigenvalue weighted by Gasteiger charge is -2.31. The van der Waals surface area contributed by atoms with E-state index in [9.17, 15) is 14.7 Å². The summed E-state index contributed by atoms with van der Waals surface area (Å²) in [6.07, 6.45) is 5.73. The molecule has 1 aromatic rings. The van der Waals surface area contributed by atoms with Crippen molar-refractivity contribution in [2.24, 2.45) is 5.92 Å². The Morgan fingerprint density at radius 1 is 1.17 bits per heavy atom. The lowest BCUT2D eigenvalue weighted by molar-refractivity contribution is -0.136. The Morgan fingerprint density at radius 3 is 2.75 bits per heavy atom. The van der Waals surface area contributed by atoms with E-state index in [0.29, 0.717) is 32.1 Å². The molecule has 2 fully saturated rings. The number of phenolic OH excluding ortho intramolecular Hbond substituents is 1. The van der Waals surface area contributed by atoms with E-state index in [-0.39, 0.29) is 23.5 Å². The van der Waals surface area contributed by atoms with E-state index in [1.54, 1.807) is 12.1 Å². The highest BCUT2D eigenvalue weighted by atomic mass is 16.3. The molecule has 128 valence electrons. The molecule has 1 N–H and O–H groups in total. The number of phenols is 1. The molecule has 2 aliphatic heterocycles. The smallest absolute Gasteiger partial charge is 0.228 e. The summed E-state index contributed by atoms with van der Waals surface area (Å²) in [6, 6.07) is 5.74. The average molecular weight is 328 g/mol. The number of carbonyl (C=O) groups is 2. The quantitative estimate of drug-likeness (QED) is 0.904. The Balaban J connectivity index is 1.44. The normalized spacial score (nSPS) is 24.5. The minimum absolute atomic E-state index is 0.0952. The maximum atomic E-state index is 12.9. The molecule has 1 aliphatic carbocycles. The van der Waals surface area contributed by atoms with Crippen molar-refractivity contribution in [3.63, 3.8) is 0 Å². The van der Waals surface area contributed by atoms with Crippen LogP contribution in [0, 0.1) is 5.92 Å². The summed E-state index contributed by atoms with van der Waals surface area (Å²) in [4.78, 5) is 29.0. The van der Waals surface area contributed by atoms with Crippen LogP contribution in [0.5, 0.6) is 5.75 Å². The number of hydrogen-bond donors (Lipinski definition) is 1. The van der Waals surface area contributed by atoms with Gasteiger partial charge in [-0.2, -0.15) is 0 Å². The van der Waals surface area contributed by atoms with Gasteiger partial charge in [0.05, 0.1) is 5.92 Å². The second-order valence-corrected chi connectivity index (χ2v) is 7.35. The number of amides is 2. The Bertz CT molecular complexity index is 667. The van der Waals surface area contributed by atoms with Gasteiger partial charge in [0.15, 0.2) is 0 Å². The van der Waals surface area contributed by atoms with Crippen LogP contribution < -0.4 is 0 Å². The summed E-state index contributed by atoms with van der Waals surface area (Å²) in [5, 5.41) is 9.66. The highest BCUT2D eigenvalue weighted by Gasteiger charge is 2.40. The fraction of sp³-hybridized carbons (Fsp3) is 0.579. The second-order valence-electron chi connectivity index (χ2n) is 7.35. The molecule has 4 rings (SSSR count). The third kappa shape index (κ3) is 2.76. The summed E-state index contributed by atoms with van der Waals surface area (Å²) >= 11 is 0. The predicted molar refractivity (Wildman–Crippen MR) is 89.3 cm³/mol. The second kappa shape index (κ2) is 6.11. The monoisotopic (exact) mass is 328 g/mol. The zero-order valence-corrected chi connectivity index (χ0v) is 13.9. The van der Waals surface area contributed by atoms with Crippen molar-refractivity contribution in [3.8, 4) is 5.75 Å². The number of aromatic hydroxyl groups is 1. The van der Waals surface area contributed by atoms with Gasteiger partial charge in [-0.15, -0.1) is 0 Å². The summed E-state index contributed by atoms with van der Waals surface area (Å²) in [6.45, 7) is 1.83. The largest absolute Gasteiger partial charge is 0.508 e. The summed E-state index contributed by atoms with van der Waals surface area (Å²) in [7, 11) is 0. The first-order chi connectivity index (χ1) is 11.6. The topological polar surface area (TPSA) is 60.9 Å². The molecule has 0 radical (unpaired) electrons. The van der Waals surface area contributed by atoms with Gasteiger partial charge in [-0.05, 0) is 42.5 Å². The maximum Gasteiger partial charge on any atom is 0.228 e. The molecule has 1 saturated carbocycles. The number of benzene rings is 1. The van der Waals surface area contributed by atoms with Crippen LogP contribution in [0.15, 0.2) is 18.2 Å². The van der Waals surface area contributed by atoms with Crippen molar-refractivity contribution < 1.29 is 14.7 Å². The van der Waals surface area contributed by atoms with Crippen LogP contribution in [-0.2, 0) is 22.6 Å².